The number of pyridine rings is 1. The molecule has 128 valence electrons. The van der Waals surface area contributed by atoms with Gasteiger partial charge in [-0.1, -0.05) is 24.3 Å². The quantitative estimate of drug-likeness (QED) is 0.835. The van der Waals surface area contributed by atoms with E-state index in [1.54, 1.807) is 0 Å². The summed E-state index contributed by atoms with van der Waals surface area (Å²) in [6.07, 6.45) is -10.5. The molecule has 9 heteroatoms. The van der Waals surface area contributed by atoms with Crippen molar-refractivity contribution in [2.24, 2.45) is 0 Å². The van der Waals surface area contributed by atoms with E-state index >= 15 is 0 Å². The predicted molar refractivity (Wildman–Crippen MR) is 71.0 cm³/mol. The molecule has 0 saturated carbocycles. The number of halogens is 6. The lowest BCUT2D eigenvalue weighted by molar-refractivity contribution is -0.142. The van der Waals surface area contributed by atoms with E-state index in [2.05, 4.69) is 4.98 Å². The molecule has 0 unspecified atom stereocenters. The number of hydrogen-bond donors (Lipinski definition) is 1. The summed E-state index contributed by atoms with van der Waals surface area (Å²) in [4.78, 5) is 14.1. The Kier molecular flexibility index (Phi) is 4.54. The van der Waals surface area contributed by atoms with Crippen LogP contribution in [0.1, 0.15) is 17.0 Å². The maximum absolute atomic E-state index is 13.1. The number of aliphatic carboxylic acids is 1. The summed E-state index contributed by atoms with van der Waals surface area (Å²) in [7, 11) is 0. The first-order chi connectivity index (χ1) is 11.0. The minimum absolute atomic E-state index is 0.307. The average Bonchev–Trinajstić information content (AvgIpc) is 2.44. The fraction of sp³-hybridized carbons (Fsp3) is 0.200. The van der Waals surface area contributed by atoms with Gasteiger partial charge in [-0.25, -0.2) is 4.98 Å². The molecule has 24 heavy (non-hydrogen) atoms. The summed E-state index contributed by atoms with van der Waals surface area (Å²) < 4.78 is 77.4. The summed E-state index contributed by atoms with van der Waals surface area (Å²) >= 11 is 0. The van der Waals surface area contributed by atoms with Gasteiger partial charge in [-0.3, -0.25) is 4.79 Å². The highest BCUT2D eigenvalue weighted by atomic mass is 19.4. The Balaban J connectivity index is 2.69. The first-order valence-electron chi connectivity index (χ1n) is 6.45. The first-order valence-corrected chi connectivity index (χ1v) is 6.45. The van der Waals surface area contributed by atoms with E-state index in [0.29, 0.717) is 6.07 Å². The van der Waals surface area contributed by atoms with E-state index in [9.17, 15) is 31.1 Å². The van der Waals surface area contributed by atoms with Gasteiger partial charge in [-0.05, 0) is 17.7 Å². The second kappa shape index (κ2) is 6.14. The molecule has 0 atom stereocenters. The summed E-state index contributed by atoms with van der Waals surface area (Å²) in [5.41, 5.74) is -3.78. The smallest absolute Gasteiger partial charge is 0.433 e. The average molecular weight is 349 g/mol. The van der Waals surface area contributed by atoms with Crippen LogP contribution in [-0.2, 0) is 23.6 Å². The molecule has 0 saturated heterocycles. The normalized spacial score (nSPS) is 12.2. The molecule has 1 N–H and O–H groups in total. The molecule has 0 bridgehead atoms. The van der Waals surface area contributed by atoms with Crippen LogP contribution >= 0.6 is 0 Å². The second-order valence-electron chi connectivity index (χ2n) is 4.80. The number of carboxylic acid groups (broad SMARTS) is 1. The third kappa shape index (κ3) is 3.84. The lowest BCUT2D eigenvalue weighted by Crippen LogP contribution is -2.14. The third-order valence-corrected chi connectivity index (χ3v) is 3.11. The summed E-state index contributed by atoms with van der Waals surface area (Å²) in [5, 5.41) is 8.82. The molecule has 0 aliphatic heterocycles. The van der Waals surface area contributed by atoms with Gasteiger partial charge in [-0.15, -0.1) is 0 Å². The van der Waals surface area contributed by atoms with Crippen LogP contribution in [0.25, 0.3) is 11.1 Å². The van der Waals surface area contributed by atoms with Crippen LogP contribution in [0.3, 0.4) is 0 Å². The van der Waals surface area contributed by atoms with E-state index in [1.807, 2.05) is 0 Å². The fourth-order valence-corrected chi connectivity index (χ4v) is 2.15. The summed E-state index contributed by atoms with van der Waals surface area (Å²) in [5.74, 6) is -1.51. The second-order valence-corrected chi connectivity index (χ2v) is 4.80. The van der Waals surface area contributed by atoms with Crippen molar-refractivity contribution in [1.82, 2.24) is 4.98 Å². The van der Waals surface area contributed by atoms with Crippen LogP contribution in [0.2, 0.25) is 0 Å². The van der Waals surface area contributed by atoms with Crippen molar-refractivity contribution in [2.75, 3.05) is 0 Å². The van der Waals surface area contributed by atoms with Crippen molar-refractivity contribution in [2.45, 2.75) is 18.8 Å². The molecule has 0 aliphatic rings. The number of benzene rings is 1. The van der Waals surface area contributed by atoms with Crippen molar-refractivity contribution in [3.63, 3.8) is 0 Å². The molecule has 0 spiro atoms. The van der Waals surface area contributed by atoms with Gasteiger partial charge in [-0.2, -0.15) is 26.3 Å². The van der Waals surface area contributed by atoms with Crippen LogP contribution in [0.5, 0.6) is 0 Å². The lowest BCUT2D eigenvalue weighted by Gasteiger charge is -2.16. The molecule has 3 nitrogen and oxygen atoms in total. The van der Waals surface area contributed by atoms with Crippen molar-refractivity contribution in [3.8, 4) is 11.1 Å². The molecule has 0 radical (unpaired) electrons. The summed E-state index contributed by atoms with van der Waals surface area (Å²) in [6, 6.07) is 5.54. The molecule has 0 amide bonds. The molecule has 2 rings (SSSR count). The maximum atomic E-state index is 13.1. The molecule has 1 aromatic carbocycles. The zero-order valence-electron chi connectivity index (χ0n) is 11.7. The predicted octanol–water partition coefficient (Wildman–Crippen LogP) is 4.41. The largest absolute Gasteiger partial charge is 0.481 e. The molecule has 1 heterocycles. The number of alkyl halides is 6. The Morgan fingerprint density at radius 3 is 2.08 bits per heavy atom. The summed E-state index contributed by atoms with van der Waals surface area (Å²) in [6.45, 7) is 0. The van der Waals surface area contributed by atoms with Gasteiger partial charge < -0.3 is 5.11 Å². The standard InChI is InChI=1S/C15H9F6NO2/c16-14(17,18)10-4-2-1-3-8(10)9-5-6-12(15(19,20)21)22-11(9)7-13(23)24/h1-6H,7H2,(H,23,24). The first kappa shape index (κ1) is 17.8. The van der Waals surface area contributed by atoms with Crippen molar-refractivity contribution in [1.29, 1.82) is 0 Å². The van der Waals surface area contributed by atoms with E-state index in [1.165, 1.54) is 6.07 Å². The highest BCUT2D eigenvalue weighted by molar-refractivity contribution is 5.77. The molecular formula is C15H9F6NO2. The fourth-order valence-electron chi connectivity index (χ4n) is 2.15. The van der Waals surface area contributed by atoms with Gasteiger partial charge in [0.05, 0.1) is 17.7 Å². The minimum atomic E-state index is -4.84. The molecule has 2 aromatic rings. The topological polar surface area (TPSA) is 50.2 Å². The Morgan fingerprint density at radius 1 is 0.917 bits per heavy atom. The Bertz CT molecular complexity index is 767. The minimum Gasteiger partial charge on any atom is -0.481 e. The van der Waals surface area contributed by atoms with Gasteiger partial charge in [0.15, 0.2) is 0 Å². The monoisotopic (exact) mass is 349 g/mol. The zero-order valence-corrected chi connectivity index (χ0v) is 11.7. The van der Waals surface area contributed by atoms with Crippen LogP contribution in [0.15, 0.2) is 36.4 Å². The molecule has 1 aromatic heterocycles. The number of rotatable bonds is 3. The van der Waals surface area contributed by atoms with Crippen LogP contribution in [0.4, 0.5) is 26.3 Å². The number of aromatic nitrogens is 1. The Labute approximate surface area is 131 Å². The van der Waals surface area contributed by atoms with Gasteiger partial charge in [0.1, 0.15) is 5.69 Å². The van der Waals surface area contributed by atoms with E-state index < -0.39 is 47.3 Å². The van der Waals surface area contributed by atoms with Gasteiger partial charge in [0.2, 0.25) is 0 Å². The van der Waals surface area contributed by atoms with Crippen LogP contribution in [0, 0.1) is 0 Å². The van der Waals surface area contributed by atoms with Crippen LogP contribution in [-0.4, -0.2) is 16.1 Å². The van der Waals surface area contributed by atoms with E-state index in [4.69, 9.17) is 5.11 Å². The van der Waals surface area contributed by atoms with E-state index in [-0.39, 0.29) is 5.56 Å². The number of hydrogen-bond acceptors (Lipinski definition) is 2. The molecule has 0 fully saturated rings. The number of carboxylic acids is 1. The van der Waals surface area contributed by atoms with Crippen molar-refractivity contribution < 1.29 is 36.2 Å². The Hall–Kier alpha value is -2.58. The number of nitrogens with zero attached hydrogens (tertiary/aromatic N) is 1. The van der Waals surface area contributed by atoms with Crippen LogP contribution < -0.4 is 0 Å². The number of carbonyl (C=O) groups is 1. The van der Waals surface area contributed by atoms with E-state index in [0.717, 1.165) is 24.3 Å². The van der Waals surface area contributed by atoms with Gasteiger partial charge in [0, 0.05) is 5.56 Å². The van der Waals surface area contributed by atoms with Crippen molar-refractivity contribution >= 4 is 5.97 Å². The van der Waals surface area contributed by atoms with Gasteiger partial charge in [0.25, 0.3) is 0 Å². The highest BCUT2D eigenvalue weighted by Crippen LogP contribution is 2.39. The molecular weight excluding hydrogens is 340 g/mol. The lowest BCUT2D eigenvalue weighted by atomic mass is 9.96. The highest BCUT2D eigenvalue weighted by Gasteiger charge is 2.36. The SMILES string of the molecule is O=C(O)Cc1nc(C(F)(F)F)ccc1-c1ccccc1C(F)(F)F. The Morgan fingerprint density at radius 2 is 1.54 bits per heavy atom. The van der Waals surface area contributed by atoms with Gasteiger partial charge >= 0.3 is 18.3 Å². The third-order valence-electron chi connectivity index (χ3n) is 3.11. The maximum Gasteiger partial charge on any atom is 0.433 e. The van der Waals surface area contributed by atoms with Crippen molar-refractivity contribution in [3.05, 3.63) is 53.3 Å². The zero-order chi connectivity index (χ0) is 18.1. The molecule has 0 aliphatic carbocycles.